The van der Waals surface area contributed by atoms with E-state index in [1.807, 2.05) is 36.4 Å². The van der Waals surface area contributed by atoms with Crippen molar-refractivity contribution in [2.75, 3.05) is 5.88 Å². The molecule has 332 valence electrons. The zero-order valence-corrected chi connectivity index (χ0v) is 34.5. The SMILES string of the molecule is C[C@@H]1C/C=C/C=C/C=C/C=C/[C@H](O[C@@H]2O[C@H](C)[C@@H](O)[C@H](N)[C@@H]2O)C[C@@H]2O[C@](O)(C[C@@H](O)C[C@H]3O[C@@H]3/C=C/C(=O)O1)C[C@H](O)[C@H]2C(=O)O.O=C(CCCl)NCc1ccccc1. The van der Waals surface area contributed by atoms with Gasteiger partial charge in [-0.05, 0) is 25.5 Å². The molecule has 16 nitrogen and oxygen atoms in total. The number of benzene rings is 1. The molecule has 9 N–H and O–H groups in total. The molecular weight excluding hydrogens is 804 g/mol. The lowest BCUT2D eigenvalue weighted by molar-refractivity contribution is -0.308. The number of carbonyl (C=O) groups is 3. The van der Waals surface area contributed by atoms with Crippen LogP contribution in [0.3, 0.4) is 0 Å². The number of nitrogens with two attached hydrogens (primary N) is 1. The first-order valence-corrected chi connectivity index (χ1v) is 20.6. The maximum atomic E-state index is 12.3. The van der Waals surface area contributed by atoms with Crippen molar-refractivity contribution in [1.29, 1.82) is 0 Å². The second-order valence-corrected chi connectivity index (χ2v) is 15.7. The number of carboxylic acid groups (broad SMARTS) is 1. The number of esters is 1. The number of rotatable bonds is 7. The van der Waals surface area contributed by atoms with Gasteiger partial charge in [0, 0.05) is 57.0 Å². The van der Waals surface area contributed by atoms with Crippen molar-refractivity contribution >= 4 is 29.4 Å². The van der Waals surface area contributed by atoms with Gasteiger partial charge in [-0.1, -0.05) is 78.9 Å². The van der Waals surface area contributed by atoms with Crippen molar-refractivity contribution in [3.63, 3.8) is 0 Å². The molecule has 1 amide bonds. The number of nitrogens with one attached hydrogen (secondary N) is 1. The van der Waals surface area contributed by atoms with Gasteiger partial charge in [0.15, 0.2) is 12.1 Å². The van der Waals surface area contributed by atoms with E-state index in [4.69, 9.17) is 41.0 Å². The van der Waals surface area contributed by atoms with E-state index in [1.165, 1.54) is 12.2 Å². The summed E-state index contributed by atoms with van der Waals surface area (Å²) in [7, 11) is 0. The molecule has 2 bridgehead atoms. The average molecular weight is 863 g/mol. The van der Waals surface area contributed by atoms with Crippen LogP contribution in [0.4, 0.5) is 0 Å². The summed E-state index contributed by atoms with van der Waals surface area (Å²) in [5.41, 5.74) is 7.08. The number of hydrogen-bond donors (Lipinski definition) is 8. The molecule has 5 rings (SSSR count). The Hall–Kier alpha value is -3.78. The Bertz CT molecular complexity index is 1680. The molecule has 1 aromatic carbocycles. The van der Waals surface area contributed by atoms with Crippen LogP contribution in [-0.4, -0.2) is 134 Å². The van der Waals surface area contributed by atoms with E-state index >= 15 is 0 Å². The zero-order chi connectivity index (χ0) is 43.8. The number of hydrogen-bond acceptors (Lipinski definition) is 14. The Morgan fingerprint density at radius 1 is 0.933 bits per heavy atom. The van der Waals surface area contributed by atoms with Crippen molar-refractivity contribution in [1.82, 2.24) is 5.32 Å². The van der Waals surface area contributed by atoms with Gasteiger partial charge in [-0.3, -0.25) is 9.59 Å². The molecule has 17 heteroatoms. The van der Waals surface area contributed by atoms with E-state index in [0.717, 1.165) is 5.56 Å². The number of amides is 1. The van der Waals surface area contributed by atoms with E-state index in [2.05, 4.69) is 5.32 Å². The molecule has 0 spiro atoms. The van der Waals surface area contributed by atoms with Gasteiger partial charge in [-0.15, -0.1) is 11.6 Å². The summed E-state index contributed by atoms with van der Waals surface area (Å²) in [6.45, 7) is 3.92. The molecule has 14 atom stereocenters. The summed E-state index contributed by atoms with van der Waals surface area (Å²) >= 11 is 5.42. The van der Waals surface area contributed by atoms with Crippen LogP contribution in [0.5, 0.6) is 0 Å². The first-order chi connectivity index (χ1) is 28.6. The molecule has 0 aromatic heterocycles. The van der Waals surface area contributed by atoms with Crippen molar-refractivity contribution in [3.8, 4) is 0 Å². The minimum atomic E-state index is -2.10. The van der Waals surface area contributed by atoms with Crippen LogP contribution in [-0.2, 0) is 44.6 Å². The molecule has 4 aliphatic heterocycles. The standard InChI is InChI=1S/C33H47NO13.C10H12ClNO/c1-18-10-8-6-4-3-5-7-9-11-21(45-32-30(39)28(34)29(38)19(2)44-32)15-25-27(31(40)41)22(36)17-33(42,47-25)16-20(35)14-24-23(46-24)12-13-26(37)43-18;11-7-6-10(13)12-8-9-4-2-1-3-5-9/h3-9,11-13,18-25,27-30,32,35-36,38-39,42H,10,14-17,34H2,1-2H3,(H,40,41);1-5H,6-8H2,(H,12,13)/b4-3+,7-5+,8-6+,11-9+,13-12+;/t18-,19-,20+,21+,22+,23-,24-,25+,27-,28+,29-,30+,32+,33-;/m1./s1. The summed E-state index contributed by atoms with van der Waals surface area (Å²) < 4.78 is 28.5. The van der Waals surface area contributed by atoms with Crippen LogP contribution in [0, 0.1) is 5.92 Å². The summed E-state index contributed by atoms with van der Waals surface area (Å²) in [6, 6.07) is 8.71. The predicted octanol–water partition coefficient (Wildman–Crippen LogP) is 2.05. The zero-order valence-electron chi connectivity index (χ0n) is 33.7. The second kappa shape index (κ2) is 24.0. The number of halogens is 1. The molecule has 0 aliphatic carbocycles. The largest absolute Gasteiger partial charge is 0.481 e. The second-order valence-electron chi connectivity index (χ2n) is 15.3. The molecule has 0 radical (unpaired) electrons. The van der Waals surface area contributed by atoms with Crippen LogP contribution in [0.1, 0.15) is 57.9 Å². The summed E-state index contributed by atoms with van der Waals surface area (Å²) in [5.74, 6) is -5.07. The lowest BCUT2D eigenvalue weighted by Gasteiger charge is -2.45. The van der Waals surface area contributed by atoms with E-state index in [0.29, 0.717) is 25.3 Å². The topological polar surface area (TPSA) is 260 Å². The molecule has 4 aliphatic rings. The molecule has 0 unspecified atom stereocenters. The van der Waals surface area contributed by atoms with Crippen molar-refractivity contribution in [2.24, 2.45) is 11.7 Å². The summed E-state index contributed by atoms with van der Waals surface area (Å²) in [6.07, 6.45) is 5.64. The van der Waals surface area contributed by atoms with Gasteiger partial charge in [-0.2, -0.15) is 0 Å². The quantitative estimate of drug-likeness (QED) is 0.111. The van der Waals surface area contributed by atoms with Gasteiger partial charge in [0.2, 0.25) is 5.91 Å². The third-order valence-electron chi connectivity index (χ3n) is 10.2. The molecule has 3 fully saturated rings. The van der Waals surface area contributed by atoms with Crippen molar-refractivity contribution < 1.29 is 68.7 Å². The summed E-state index contributed by atoms with van der Waals surface area (Å²) in [5, 5.41) is 66.7. The molecule has 4 heterocycles. The normalized spacial score (nSPS) is 39.1. The first kappa shape index (κ1) is 48.9. The van der Waals surface area contributed by atoms with Crippen molar-refractivity contribution in [2.45, 2.75) is 138 Å². The van der Waals surface area contributed by atoms with Crippen LogP contribution in [0.25, 0.3) is 0 Å². The van der Waals surface area contributed by atoms with Gasteiger partial charge in [0.1, 0.15) is 24.2 Å². The van der Waals surface area contributed by atoms with E-state index < -0.39 is 97.3 Å². The number of aliphatic carboxylic acids is 1. The minimum Gasteiger partial charge on any atom is -0.481 e. The van der Waals surface area contributed by atoms with E-state index in [1.54, 1.807) is 56.4 Å². The van der Waals surface area contributed by atoms with Crippen LogP contribution in [0.15, 0.2) is 91.1 Å². The van der Waals surface area contributed by atoms with Gasteiger partial charge in [-0.25, -0.2) is 4.79 Å². The van der Waals surface area contributed by atoms with E-state index in [9.17, 15) is 45.0 Å². The fraction of sp³-hybridized carbons (Fsp3) is 0.558. The highest BCUT2D eigenvalue weighted by molar-refractivity contribution is 6.18. The number of aliphatic hydroxyl groups is 5. The predicted molar refractivity (Wildman–Crippen MR) is 219 cm³/mol. The van der Waals surface area contributed by atoms with E-state index in [-0.39, 0.29) is 31.3 Å². The maximum absolute atomic E-state index is 12.3. The van der Waals surface area contributed by atoms with Crippen LogP contribution in [0.2, 0.25) is 0 Å². The highest BCUT2D eigenvalue weighted by atomic mass is 35.5. The van der Waals surface area contributed by atoms with Gasteiger partial charge >= 0.3 is 11.9 Å². The molecule has 0 saturated carbocycles. The number of carbonyl (C=O) groups excluding carboxylic acids is 2. The Labute approximate surface area is 354 Å². The lowest BCUT2D eigenvalue weighted by atomic mass is 9.83. The Balaban J connectivity index is 0.000000519. The monoisotopic (exact) mass is 862 g/mol. The lowest BCUT2D eigenvalue weighted by Crippen LogP contribution is -2.61. The number of cyclic esters (lactones) is 1. The average Bonchev–Trinajstić information content (AvgIpc) is 3.93. The first-order valence-electron chi connectivity index (χ1n) is 20.1. The number of epoxide rings is 1. The van der Waals surface area contributed by atoms with Crippen LogP contribution >= 0.6 is 11.6 Å². The number of carboxylic acids is 1. The highest BCUT2D eigenvalue weighted by Gasteiger charge is 2.51. The molecule has 60 heavy (non-hydrogen) atoms. The van der Waals surface area contributed by atoms with Gasteiger partial charge in [0.05, 0.1) is 48.8 Å². The Kier molecular flexibility index (Phi) is 19.6. The number of aliphatic hydroxyl groups excluding tert-OH is 4. The summed E-state index contributed by atoms with van der Waals surface area (Å²) in [4.78, 5) is 35.4. The smallest absolute Gasteiger partial charge is 0.330 e. The highest BCUT2D eigenvalue weighted by Crippen LogP contribution is 2.39. The molecular formula is C43H59ClN2O14. The molecule has 3 saturated heterocycles. The minimum absolute atomic E-state index is 0.00106. The Morgan fingerprint density at radius 2 is 1.63 bits per heavy atom. The fourth-order valence-corrected chi connectivity index (χ4v) is 7.15. The number of allylic oxidation sites excluding steroid dienone is 6. The van der Waals surface area contributed by atoms with Crippen molar-refractivity contribution in [3.05, 3.63) is 96.7 Å². The number of alkyl halides is 1. The number of ether oxygens (including phenoxy) is 5. The van der Waals surface area contributed by atoms with Gasteiger partial charge in [0.25, 0.3) is 0 Å². The fourth-order valence-electron chi connectivity index (χ4n) is 6.98. The number of fused-ring (bicyclic) bond motifs is 3. The van der Waals surface area contributed by atoms with Crippen LogP contribution < -0.4 is 11.1 Å². The Morgan fingerprint density at radius 3 is 2.33 bits per heavy atom. The third kappa shape index (κ3) is 15.9. The molecule has 1 aromatic rings. The third-order valence-corrected chi connectivity index (χ3v) is 10.4. The van der Waals surface area contributed by atoms with Gasteiger partial charge < -0.3 is 65.4 Å². The maximum Gasteiger partial charge on any atom is 0.330 e.